The van der Waals surface area contributed by atoms with Crippen molar-refractivity contribution >= 4 is 22.6 Å². The minimum Gasteiger partial charge on any atom is -0.350 e. The van der Waals surface area contributed by atoms with Gasteiger partial charge in [0.15, 0.2) is 5.65 Å². The van der Waals surface area contributed by atoms with Gasteiger partial charge in [-0.1, -0.05) is 12.1 Å². The van der Waals surface area contributed by atoms with Crippen LogP contribution in [-0.2, 0) is 17.9 Å². The number of pyridine rings is 1. The van der Waals surface area contributed by atoms with E-state index in [0.29, 0.717) is 22.6 Å². The number of fused-ring (bicyclic) bond motifs is 3. The average Bonchev–Trinajstić information content (AvgIpc) is 3.49. The van der Waals surface area contributed by atoms with E-state index in [1.54, 1.807) is 41.0 Å². The predicted octanol–water partition coefficient (Wildman–Crippen LogP) is 2.38. The lowest BCUT2D eigenvalue weighted by atomic mass is 10.2. The highest BCUT2D eigenvalue weighted by Crippen LogP contribution is 2.39. The Morgan fingerprint density at radius 2 is 1.97 bits per heavy atom. The molecule has 1 aliphatic rings. The second-order valence-electron chi connectivity index (χ2n) is 7.28. The molecular weight excluding hydrogens is 373 g/mol. The van der Waals surface area contributed by atoms with Crippen molar-refractivity contribution in [1.82, 2.24) is 24.5 Å². The Kier molecular flexibility index (Phi) is 4.12. The van der Waals surface area contributed by atoms with Crippen molar-refractivity contribution in [3.8, 4) is 0 Å². The van der Waals surface area contributed by atoms with E-state index in [4.69, 9.17) is 0 Å². The van der Waals surface area contributed by atoms with Gasteiger partial charge in [0, 0.05) is 18.7 Å². The maximum absolute atomic E-state index is 13.1. The zero-order valence-corrected chi connectivity index (χ0v) is 15.5. The number of amides is 1. The lowest BCUT2D eigenvalue weighted by Gasteiger charge is -2.11. The van der Waals surface area contributed by atoms with Crippen molar-refractivity contribution in [2.24, 2.45) is 0 Å². The molecule has 3 heterocycles. The van der Waals surface area contributed by atoms with Gasteiger partial charge in [-0.2, -0.15) is 5.10 Å². The van der Waals surface area contributed by atoms with Crippen LogP contribution in [0.5, 0.6) is 0 Å². The van der Waals surface area contributed by atoms with E-state index in [1.165, 1.54) is 16.7 Å². The number of hydrogen-bond donors (Lipinski definition) is 1. The average molecular weight is 391 g/mol. The standard InChI is InChI=1S/C21H18FN5O2/c22-15-7-3-13(4-8-15)11-24-19(28)12-26-17-2-1-9-23-20(17)27-18(21(26)29)10-16(25-27)14-5-6-14/h1-4,7-10,14H,5-6,11-12H2,(H,24,28). The Labute approximate surface area is 164 Å². The number of nitrogens with one attached hydrogen (secondary N) is 1. The van der Waals surface area contributed by atoms with E-state index in [0.717, 1.165) is 24.1 Å². The van der Waals surface area contributed by atoms with Crippen molar-refractivity contribution in [1.29, 1.82) is 0 Å². The fourth-order valence-electron chi connectivity index (χ4n) is 3.46. The molecule has 29 heavy (non-hydrogen) atoms. The van der Waals surface area contributed by atoms with E-state index in [-0.39, 0.29) is 30.4 Å². The number of rotatable bonds is 5. The highest BCUT2D eigenvalue weighted by Gasteiger charge is 2.27. The maximum Gasteiger partial charge on any atom is 0.277 e. The van der Waals surface area contributed by atoms with Crippen LogP contribution in [0.4, 0.5) is 4.39 Å². The molecule has 1 aliphatic carbocycles. The zero-order chi connectivity index (χ0) is 20.0. The molecule has 4 aromatic rings. The monoisotopic (exact) mass is 391 g/mol. The van der Waals surface area contributed by atoms with Crippen molar-refractivity contribution in [3.05, 3.63) is 76.1 Å². The highest BCUT2D eigenvalue weighted by molar-refractivity contribution is 5.80. The van der Waals surface area contributed by atoms with E-state index >= 15 is 0 Å². The van der Waals surface area contributed by atoms with Gasteiger partial charge in [0.1, 0.15) is 17.9 Å². The van der Waals surface area contributed by atoms with Gasteiger partial charge in [0.05, 0.1) is 11.2 Å². The summed E-state index contributed by atoms with van der Waals surface area (Å²) in [5.74, 6) is -0.237. The number of carbonyl (C=O) groups excluding carboxylic acids is 1. The first-order chi connectivity index (χ1) is 14.1. The SMILES string of the molecule is O=C(Cn1c(=O)c2cc(C3CC3)nn2c2ncccc21)NCc1ccc(F)cc1. The normalized spacial score (nSPS) is 13.8. The van der Waals surface area contributed by atoms with E-state index < -0.39 is 0 Å². The van der Waals surface area contributed by atoms with Crippen LogP contribution < -0.4 is 10.9 Å². The summed E-state index contributed by atoms with van der Waals surface area (Å²) in [7, 11) is 0. The summed E-state index contributed by atoms with van der Waals surface area (Å²) in [5, 5.41) is 7.35. The molecular formula is C21H18FN5O2. The number of halogens is 1. The summed E-state index contributed by atoms with van der Waals surface area (Å²) >= 11 is 0. The lowest BCUT2D eigenvalue weighted by Crippen LogP contribution is -2.33. The Balaban J connectivity index is 1.48. The molecule has 1 amide bonds. The topological polar surface area (TPSA) is 81.3 Å². The molecule has 1 saturated carbocycles. The Morgan fingerprint density at radius 3 is 2.72 bits per heavy atom. The fourth-order valence-corrected chi connectivity index (χ4v) is 3.46. The molecule has 0 spiro atoms. The Morgan fingerprint density at radius 1 is 1.17 bits per heavy atom. The van der Waals surface area contributed by atoms with Gasteiger partial charge < -0.3 is 5.32 Å². The number of benzene rings is 1. The van der Waals surface area contributed by atoms with Crippen LogP contribution in [-0.4, -0.2) is 25.1 Å². The molecule has 0 unspecified atom stereocenters. The molecule has 3 aromatic heterocycles. The van der Waals surface area contributed by atoms with E-state index in [1.807, 2.05) is 0 Å². The first-order valence-corrected chi connectivity index (χ1v) is 9.48. The predicted molar refractivity (Wildman–Crippen MR) is 105 cm³/mol. The third-order valence-corrected chi connectivity index (χ3v) is 5.15. The van der Waals surface area contributed by atoms with Gasteiger partial charge in [0.2, 0.25) is 5.91 Å². The minimum absolute atomic E-state index is 0.136. The lowest BCUT2D eigenvalue weighted by molar-refractivity contribution is -0.121. The van der Waals surface area contributed by atoms with Crippen molar-refractivity contribution in [2.45, 2.75) is 31.8 Å². The molecule has 0 atom stereocenters. The summed E-state index contributed by atoms with van der Waals surface area (Å²) in [6.45, 7) is 0.119. The molecule has 0 bridgehead atoms. The second-order valence-corrected chi connectivity index (χ2v) is 7.28. The van der Waals surface area contributed by atoms with Crippen LogP contribution >= 0.6 is 0 Å². The summed E-state index contributed by atoms with van der Waals surface area (Å²) in [6, 6.07) is 11.2. The van der Waals surface area contributed by atoms with Gasteiger partial charge in [-0.25, -0.2) is 13.9 Å². The molecule has 1 aromatic carbocycles. The first-order valence-electron chi connectivity index (χ1n) is 9.48. The Hall–Kier alpha value is -3.55. The zero-order valence-electron chi connectivity index (χ0n) is 15.5. The summed E-state index contributed by atoms with van der Waals surface area (Å²) in [6.07, 6.45) is 3.80. The Bertz CT molecular complexity index is 1290. The van der Waals surface area contributed by atoms with Crippen LogP contribution in [0, 0.1) is 5.82 Å². The molecule has 5 rings (SSSR count). The van der Waals surface area contributed by atoms with Crippen molar-refractivity contribution in [3.63, 3.8) is 0 Å². The molecule has 1 N–H and O–H groups in total. The number of nitrogens with zero attached hydrogens (tertiary/aromatic N) is 4. The summed E-state index contributed by atoms with van der Waals surface area (Å²) < 4.78 is 16.0. The molecule has 0 aliphatic heterocycles. The highest BCUT2D eigenvalue weighted by atomic mass is 19.1. The largest absolute Gasteiger partial charge is 0.350 e. The third-order valence-electron chi connectivity index (χ3n) is 5.15. The van der Waals surface area contributed by atoms with Crippen molar-refractivity contribution < 1.29 is 9.18 Å². The summed E-state index contributed by atoms with van der Waals surface area (Å²) in [4.78, 5) is 30.0. The number of aromatic nitrogens is 4. The molecule has 8 heteroatoms. The van der Waals surface area contributed by atoms with Crippen LogP contribution in [0.2, 0.25) is 0 Å². The third kappa shape index (κ3) is 3.26. The first kappa shape index (κ1) is 17.5. The van der Waals surface area contributed by atoms with Crippen LogP contribution in [0.25, 0.3) is 16.7 Å². The minimum atomic E-state index is -0.328. The van der Waals surface area contributed by atoms with E-state index in [2.05, 4.69) is 15.4 Å². The molecule has 0 radical (unpaired) electrons. The smallest absolute Gasteiger partial charge is 0.277 e. The van der Waals surface area contributed by atoms with E-state index in [9.17, 15) is 14.0 Å². The molecule has 7 nitrogen and oxygen atoms in total. The van der Waals surface area contributed by atoms with Crippen LogP contribution in [0.1, 0.15) is 30.0 Å². The summed E-state index contributed by atoms with van der Waals surface area (Å²) in [5.41, 5.74) is 2.91. The molecule has 1 fully saturated rings. The fraction of sp³-hybridized carbons (Fsp3) is 0.238. The number of hydrogen-bond acceptors (Lipinski definition) is 4. The number of carbonyl (C=O) groups is 1. The van der Waals surface area contributed by atoms with Gasteiger partial charge in [0.25, 0.3) is 5.56 Å². The van der Waals surface area contributed by atoms with Gasteiger partial charge in [-0.05, 0) is 48.7 Å². The van der Waals surface area contributed by atoms with Crippen LogP contribution in [0.3, 0.4) is 0 Å². The maximum atomic E-state index is 13.1. The quantitative estimate of drug-likeness (QED) is 0.566. The van der Waals surface area contributed by atoms with Crippen LogP contribution in [0.15, 0.2) is 53.5 Å². The van der Waals surface area contributed by atoms with Gasteiger partial charge in [-0.15, -0.1) is 0 Å². The van der Waals surface area contributed by atoms with Gasteiger partial charge >= 0.3 is 0 Å². The van der Waals surface area contributed by atoms with Gasteiger partial charge in [-0.3, -0.25) is 14.2 Å². The van der Waals surface area contributed by atoms with Crippen molar-refractivity contribution in [2.75, 3.05) is 0 Å². The molecule has 0 saturated heterocycles. The molecule has 146 valence electrons. The second kappa shape index (κ2) is 6.80.